The molecule has 100 valence electrons. The lowest BCUT2D eigenvalue weighted by atomic mass is 10.2. The highest BCUT2D eigenvalue weighted by Crippen LogP contribution is 2.19. The molecule has 0 aromatic carbocycles. The summed E-state index contributed by atoms with van der Waals surface area (Å²) in [5, 5.41) is 12.0. The van der Waals surface area contributed by atoms with E-state index in [2.05, 4.69) is 31.2 Å². The van der Waals surface area contributed by atoms with Gasteiger partial charge in [-0.15, -0.1) is 0 Å². The van der Waals surface area contributed by atoms with Crippen LogP contribution in [0.25, 0.3) is 0 Å². The van der Waals surface area contributed by atoms with Crippen molar-refractivity contribution in [3.8, 4) is 0 Å². The van der Waals surface area contributed by atoms with E-state index in [4.69, 9.17) is 9.52 Å². The molecule has 6 nitrogen and oxygen atoms in total. The van der Waals surface area contributed by atoms with Gasteiger partial charge in [-0.25, -0.2) is 14.8 Å². The van der Waals surface area contributed by atoms with Crippen LogP contribution in [-0.4, -0.2) is 21.0 Å². The Morgan fingerprint density at radius 3 is 2.84 bits per heavy atom. The highest BCUT2D eigenvalue weighted by molar-refractivity contribution is 9.10. The first kappa shape index (κ1) is 13.5. The van der Waals surface area contributed by atoms with E-state index < -0.39 is 5.97 Å². The van der Waals surface area contributed by atoms with Gasteiger partial charge in [-0.2, -0.15) is 0 Å². The van der Waals surface area contributed by atoms with Crippen LogP contribution in [0.5, 0.6) is 0 Å². The fourth-order valence-electron chi connectivity index (χ4n) is 1.52. The Bertz CT molecular complexity index is 605. The van der Waals surface area contributed by atoms with E-state index in [-0.39, 0.29) is 17.9 Å². The number of pyridine rings is 1. The van der Waals surface area contributed by atoms with Gasteiger partial charge >= 0.3 is 5.97 Å². The summed E-state index contributed by atoms with van der Waals surface area (Å²) < 4.78 is 6.01. The number of hydrogen-bond acceptors (Lipinski definition) is 5. The highest BCUT2D eigenvalue weighted by Gasteiger charge is 2.13. The van der Waals surface area contributed by atoms with Gasteiger partial charge in [-0.3, -0.25) is 0 Å². The van der Waals surface area contributed by atoms with Crippen LogP contribution in [0.15, 0.2) is 21.2 Å². The maximum Gasteiger partial charge on any atom is 0.339 e. The molecule has 19 heavy (non-hydrogen) atoms. The lowest BCUT2D eigenvalue weighted by Gasteiger charge is -2.06. The van der Waals surface area contributed by atoms with Gasteiger partial charge in [-0.1, -0.05) is 0 Å². The number of aryl methyl sites for hydroxylation is 2. The molecule has 0 spiro atoms. The number of halogens is 1. The number of aromatic nitrogens is 2. The Morgan fingerprint density at radius 2 is 2.26 bits per heavy atom. The molecule has 2 rings (SSSR count). The molecule has 0 aliphatic heterocycles. The van der Waals surface area contributed by atoms with Crippen molar-refractivity contribution < 1.29 is 14.3 Å². The average Bonchev–Trinajstić information content (AvgIpc) is 2.67. The number of oxazole rings is 1. The van der Waals surface area contributed by atoms with Crippen molar-refractivity contribution in [2.45, 2.75) is 20.4 Å². The number of nitrogens with one attached hydrogen (secondary N) is 1. The zero-order chi connectivity index (χ0) is 14.0. The van der Waals surface area contributed by atoms with E-state index in [1.54, 1.807) is 0 Å². The molecule has 2 aromatic rings. The number of rotatable bonds is 4. The fraction of sp³-hybridized carbons (Fsp3) is 0.250. The quantitative estimate of drug-likeness (QED) is 0.898. The second kappa shape index (κ2) is 5.40. The minimum Gasteiger partial charge on any atom is -0.478 e. The molecule has 2 heterocycles. The second-order valence-electron chi connectivity index (χ2n) is 3.96. The zero-order valence-corrected chi connectivity index (χ0v) is 12.0. The molecular formula is C12H12BrN3O3. The van der Waals surface area contributed by atoms with Gasteiger partial charge in [0.05, 0.1) is 12.2 Å². The Kier molecular flexibility index (Phi) is 3.84. The Labute approximate surface area is 118 Å². The number of carbonyl (C=O) groups is 1. The van der Waals surface area contributed by atoms with Gasteiger partial charge in [0.15, 0.2) is 0 Å². The maximum atomic E-state index is 11.1. The molecule has 0 amide bonds. The number of nitrogens with zero attached hydrogens (tertiary/aromatic N) is 2. The standard InChI is InChI=1S/C12H12BrN3O3/c1-6-7(2)19-10(16-6)5-15-11-9(12(17)18)3-8(13)4-14-11/h3-4H,5H2,1-2H3,(H,14,15)(H,17,18). The molecule has 0 atom stereocenters. The summed E-state index contributed by atoms with van der Waals surface area (Å²) in [6.07, 6.45) is 1.53. The van der Waals surface area contributed by atoms with Crippen LogP contribution >= 0.6 is 15.9 Å². The smallest absolute Gasteiger partial charge is 0.339 e. The van der Waals surface area contributed by atoms with Gasteiger partial charge in [0.25, 0.3) is 0 Å². The van der Waals surface area contributed by atoms with Crippen LogP contribution in [-0.2, 0) is 6.54 Å². The predicted octanol–water partition coefficient (Wildman–Crippen LogP) is 2.76. The molecule has 2 N–H and O–H groups in total. The maximum absolute atomic E-state index is 11.1. The van der Waals surface area contributed by atoms with E-state index in [0.717, 1.165) is 11.5 Å². The number of anilines is 1. The van der Waals surface area contributed by atoms with Crippen LogP contribution in [0.4, 0.5) is 5.82 Å². The summed E-state index contributed by atoms with van der Waals surface area (Å²) in [7, 11) is 0. The molecule has 7 heteroatoms. The van der Waals surface area contributed by atoms with Crippen LogP contribution in [0, 0.1) is 13.8 Å². The largest absolute Gasteiger partial charge is 0.478 e. The van der Waals surface area contributed by atoms with Crippen molar-refractivity contribution in [3.63, 3.8) is 0 Å². The molecule has 0 aliphatic carbocycles. The Balaban J connectivity index is 2.17. The molecule has 0 fully saturated rings. The minimum absolute atomic E-state index is 0.0920. The van der Waals surface area contributed by atoms with Gasteiger partial charge < -0.3 is 14.8 Å². The first-order valence-corrected chi connectivity index (χ1v) is 6.32. The van der Waals surface area contributed by atoms with Gasteiger partial charge in [0, 0.05) is 10.7 Å². The van der Waals surface area contributed by atoms with Crippen LogP contribution < -0.4 is 5.32 Å². The summed E-state index contributed by atoms with van der Waals surface area (Å²) >= 11 is 3.19. The minimum atomic E-state index is -1.05. The molecule has 0 unspecified atom stereocenters. The average molecular weight is 326 g/mol. The summed E-state index contributed by atoms with van der Waals surface area (Å²) in [5.74, 6) is 0.482. The first-order chi connectivity index (χ1) is 8.97. The summed E-state index contributed by atoms with van der Waals surface area (Å²) in [4.78, 5) is 19.3. The van der Waals surface area contributed by atoms with Crippen molar-refractivity contribution >= 4 is 27.7 Å². The lowest BCUT2D eigenvalue weighted by Crippen LogP contribution is -2.08. The molecule has 0 saturated heterocycles. The number of carboxylic acids is 1. The van der Waals surface area contributed by atoms with Crippen LogP contribution in [0.3, 0.4) is 0 Å². The van der Waals surface area contributed by atoms with E-state index in [1.165, 1.54) is 12.3 Å². The normalized spacial score (nSPS) is 10.5. The third-order valence-corrected chi connectivity index (χ3v) is 3.00. The topological polar surface area (TPSA) is 88.2 Å². The highest BCUT2D eigenvalue weighted by atomic mass is 79.9. The van der Waals surface area contributed by atoms with Crippen molar-refractivity contribution in [1.82, 2.24) is 9.97 Å². The molecule has 0 aliphatic rings. The van der Waals surface area contributed by atoms with Gasteiger partial charge in [0.2, 0.25) is 5.89 Å². The van der Waals surface area contributed by atoms with Gasteiger partial charge in [-0.05, 0) is 35.8 Å². The second-order valence-corrected chi connectivity index (χ2v) is 4.87. The first-order valence-electron chi connectivity index (χ1n) is 5.53. The summed E-state index contributed by atoms with van der Waals surface area (Å²) in [5.41, 5.74) is 0.911. The van der Waals surface area contributed by atoms with E-state index >= 15 is 0 Å². The number of carboxylic acid groups (broad SMARTS) is 1. The third kappa shape index (κ3) is 3.11. The van der Waals surface area contributed by atoms with Crippen LogP contribution in [0.2, 0.25) is 0 Å². The van der Waals surface area contributed by atoms with Gasteiger partial charge in [0.1, 0.15) is 17.1 Å². The lowest BCUT2D eigenvalue weighted by molar-refractivity contribution is 0.0697. The SMILES string of the molecule is Cc1nc(CNc2ncc(Br)cc2C(=O)O)oc1C. The van der Waals surface area contributed by atoms with E-state index in [9.17, 15) is 4.79 Å². The Hall–Kier alpha value is -1.89. The number of hydrogen-bond donors (Lipinski definition) is 2. The third-order valence-electron chi connectivity index (χ3n) is 2.56. The molecule has 0 saturated carbocycles. The Morgan fingerprint density at radius 1 is 1.53 bits per heavy atom. The molecular weight excluding hydrogens is 314 g/mol. The molecule has 0 bridgehead atoms. The van der Waals surface area contributed by atoms with Crippen molar-refractivity contribution in [1.29, 1.82) is 0 Å². The monoisotopic (exact) mass is 325 g/mol. The fourth-order valence-corrected chi connectivity index (χ4v) is 1.85. The van der Waals surface area contributed by atoms with Crippen molar-refractivity contribution in [2.24, 2.45) is 0 Å². The van der Waals surface area contributed by atoms with E-state index in [1.807, 2.05) is 13.8 Å². The zero-order valence-electron chi connectivity index (χ0n) is 10.4. The summed E-state index contributed by atoms with van der Waals surface area (Å²) in [6.45, 7) is 3.96. The van der Waals surface area contributed by atoms with E-state index in [0.29, 0.717) is 10.4 Å². The van der Waals surface area contributed by atoms with Crippen LogP contribution in [0.1, 0.15) is 27.7 Å². The molecule has 2 aromatic heterocycles. The van der Waals surface area contributed by atoms with Crippen molar-refractivity contribution in [3.05, 3.63) is 39.6 Å². The van der Waals surface area contributed by atoms with Crippen molar-refractivity contribution in [2.75, 3.05) is 5.32 Å². The molecule has 0 radical (unpaired) electrons. The number of aromatic carboxylic acids is 1. The summed E-state index contributed by atoms with van der Waals surface area (Å²) in [6, 6.07) is 1.49. The predicted molar refractivity (Wildman–Crippen MR) is 72.2 cm³/mol.